The van der Waals surface area contributed by atoms with Gasteiger partial charge in [0.15, 0.2) is 0 Å². The molecule has 0 aliphatic carbocycles. The van der Waals surface area contributed by atoms with E-state index in [1.54, 1.807) is 27.7 Å². The maximum absolute atomic E-state index is 10.7. The molecule has 0 atom stereocenters. The Bertz CT molecular complexity index is 312. The molecule has 0 saturated heterocycles. The Morgan fingerprint density at radius 2 is 0.952 bits per heavy atom. The number of hydrogen-bond acceptors (Lipinski definition) is 6. The Labute approximate surface area is 139 Å². The van der Waals surface area contributed by atoms with E-state index < -0.39 is 29.2 Å². The first-order chi connectivity index (χ1) is 8.84. The molecule has 0 spiro atoms. The van der Waals surface area contributed by atoms with Gasteiger partial charge in [0.2, 0.25) is 0 Å². The maximum Gasteiger partial charge on any atom is 0.373 e. The van der Waals surface area contributed by atoms with Gasteiger partial charge < -0.3 is 15.3 Å². The van der Waals surface area contributed by atoms with Gasteiger partial charge in [-0.2, -0.15) is 0 Å². The van der Waals surface area contributed by atoms with Crippen molar-refractivity contribution in [3.8, 4) is 0 Å². The number of carboxylic acid groups (broad SMARTS) is 1. The molecule has 0 unspecified atom stereocenters. The predicted octanol–water partition coefficient (Wildman–Crippen LogP) is 0.206. The molecule has 0 radical (unpaired) electrons. The van der Waals surface area contributed by atoms with Crippen molar-refractivity contribution in [2.75, 3.05) is 0 Å². The Morgan fingerprint density at radius 1 is 0.762 bits per heavy atom. The topological polar surface area (TPSA) is 129 Å². The summed E-state index contributed by atoms with van der Waals surface area (Å²) in [6, 6.07) is 0. The summed E-state index contributed by atoms with van der Waals surface area (Å²) in [4.78, 5) is 42.0. The molecule has 3 N–H and O–H groups in total. The zero-order valence-corrected chi connectivity index (χ0v) is 14.8. The number of carboxylic acids is 1. The quantitative estimate of drug-likeness (QED) is 0.379. The number of aliphatic carboxylic acids is 1. The van der Waals surface area contributed by atoms with Crippen LogP contribution in [0.5, 0.6) is 0 Å². The number of Topliss-reactive ketones (excluding diaryl/α,β-unsaturated/α-hetero) is 3. The number of carbonyl (C=O) groups excluding carboxylic acids is 3. The number of rotatable bonds is 4. The van der Waals surface area contributed by atoms with E-state index in [1.807, 2.05) is 0 Å². The summed E-state index contributed by atoms with van der Waals surface area (Å²) < 4.78 is 0. The van der Waals surface area contributed by atoms with Crippen molar-refractivity contribution in [1.82, 2.24) is 0 Å². The van der Waals surface area contributed by atoms with E-state index in [9.17, 15) is 19.2 Å². The average Bonchev–Trinajstić information content (AvgIpc) is 2.13. The van der Waals surface area contributed by atoms with Crippen LogP contribution in [0.2, 0.25) is 0 Å². The summed E-state index contributed by atoms with van der Waals surface area (Å²) in [7, 11) is 0. The Hall–Kier alpha value is -0.886. The van der Waals surface area contributed by atoms with E-state index in [4.69, 9.17) is 15.3 Å². The molecule has 0 bridgehead atoms. The van der Waals surface area contributed by atoms with Gasteiger partial charge in [0.05, 0.1) is 0 Å². The van der Waals surface area contributed by atoms with E-state index in [-0.39, 0.29) is 33.9 Å². The molecule has 0 aromatic carbocycles. The molecule has 21 heavy (non-hydrogen) atoms. The van der Waals surface area contributed by atoms with Gasteiger partial charge in [0.1, 0.15) is 17.5 Å². The molecule has 122 valence electrons. The molecule has 0 rings (SSSR count). The number of hydrogen-bond donors (Lipinski definition) is 3. The molecule has 0 aromatic rings. The summed E-state index contributed by atoms with van der Waals surface area (Å²) in [5, 5.41) is 24.3. The minimum Gasteiger partial charge on any atom is -0.475 e. The van der Waals surface area contributed by atoms with E-state index in [0.29, 0.717) is 0 Å². The van der Waals surface area contributed by atoms with Gasteiger partial charge in [0, 0.05) is 33.9 Å². The van der Waals surface area contributed by atoms with Crippen molar-refractivity contribution < 1.29 is 56.2 Å². The molecular weight excluding hydrogens is 316 g/mol. The van der Waals surface area contributed by atoms with Crippen molar-refractivity contribution in [1.29, 1.82) is 0 Å². The number of aliphatic hydroxyl groups excluding tert-OH is 2. The number of carbonyl (C=O) groups is 4. The van der Waals surface area contributed by atoms with Crippen LogP contribution >= 0.6 is 0 Å². The minimum absolute atomic E-state index is 0. The zero-order chi connectivity index (χ0) is 17.0. The fraction of sp³-hybridized carbons (Fsp3) is 0.692. The van der Waals surface area contributed by atoms with Crippen molar-refractivity contribution in [2.45, 2.75) is 53.8 Å². The normalized spacial score (nSPS) is 8.90. The van der Waals surface area contributed by atoms with Crippen LogP contribution in [0.25, 0.3) is 0 Å². The van der Waals surface area contributed by atoms with Gasteiger partial charge in [-0.3, -0.25) is 14.4 Å². The van der Waals surface area contributed by atoms with Gasteiger partial charge in [0.25, 0.3) is 5.78 Å². The molecule has 0 aliphatic heterocycles. The van der Waals surface area contributed by atoms with Crippen LogP contribution in [0, 0.1) is 5.92 Å². The predicted molar refractivity (Wildman–Crippen MR) is 72.2 cm³/mol. The average molecular weight is 340 g/mol. The maximum atomic E-state index is 10.7. The summed E-state index contributed by atoms with van der Waals surface area (Å²) in [5.41, 5.74) is 0. The third-order valence-corrected chi connectivity index (χ3v) is 1.29. The SMILES string of the molecule is CC(=O)C(C(C)=O)C(=O)C(=O)O.CC(C)O.CC(C)O.[Ti]. The van der Waals surface area contributed by atoms with Gasteiger partial charge in [-0.05, 0) is 41.5 Å². The molecule has 0 fully saturated rings. The third kappa shape index (κ3) is 24.5. The first-order valence-corrected chi connectivity index (χ1v) is 5.98. The van der Waals surface area contributed by atoms with Crippen LogP contribution in [-0.2, 0) is 40.9 Å². The number of aliphatic hydroxyl groups is 2. The minimum atomic E-state index is -1.76. The number of ketones is 3. The molecule has 0 heterocycles. The second-order valence-electron chi connectivity index (χ2n) is 4.51. The first-order valence-electron chi connectivity index (χ1n) is 5.98. The van der Waals surface area contributed by atoms with E-state index in [1.165, 1.54) is 0 Å². The summed E-state index contributed by atoms with van der Waals surface area (Å²) in [6.45, 7) is 8.90. The van der Waals surface area contributed by atoms with Gasteiger partial charge in [-0.15, -0.1) is 0 Å². The second-order valence-corrected chi connectivity index (χ2v) is 4.51. The van der Waals surface area contributed by atoms with Crippen molar-refractivity contribution in [3.05, 3.63) is 0 Å². The zero-order valence-electron chi connectivity index (χ0n) is 13.2. The van der Waals surface area contributed by atoms with Crippen molar-refractivity contribution in [2.24, 2.45) is 5.92 Å². The summed E-state index contributed by atoms with van der Waals surface area (Å²) in [5.74, 6) is -6.24. The van der Waals surface area contributed by atoms with Crippen LogP contribution < -0.4 is 0 Å². The van der Waals surface area contributed by atoms with E-state index >= 15 is 0 Å². The van der Waals surface area contributed by atoms with Crippen LogP contribution in [0.1, 0.15) is 41.5 Å². The molecule has 0 aliphatic rings. The van der Waals surface area contributed by atoms with Crippen LogP contribution in [0.3, 0.4) is 0 Å². The molecular formula is C13H24O7Ti. The smallest absolute Gasteiger partial charge is 0.373 e. The largest absolute Gasteiger partial charge is 0.475 e. The van der Waals surface area contributed by atoms with Crippen molar-refractivity contribution >= 4 is 23.3 Å². The van der Waals surface area contributed by atoms with Crippen LogP contribution in [0.15, 0.2) is 0 Å². The van der Waals surface area contributed by atoms with Gasteiger partial charge in [-0.1, -0.05) is 0 Å². The molecule has 8 heteroatoms. The van der Waals surface area contributed by atoms with Crippen LogP contribution in [0.4, 0.5) is 0 Å². The van der Waals surface area contributed by atoms with Crippen molar-refractivity contribution in [3.63, 3.8) is 0 Å². The Morgan fingerprint density at radius 3 is 1.00 bits per heavy atom. The second kappa shape index (κ2) is 15.5. The summed E-state index contributed by atoms with van der Waals surface area (Å²) in [6.07, 6.45) is -0.333. The monoisotopic (exact) mass is 340 g/mol. The standard InChI is InChI=1S/C7H8O5.2C3H8O.Ti/c1-3(8)5(4(2)9)6(10)7(11)12;2*1-3(2)4;/h5H,1-2H3,(H,11,12);2*3-4H,1-2H3;. The fourth-order valence-electron chi connectivity index (χ4n) is 0.779. The molecule has 7 nitrogen and oxygen atoms in total. The Balaban J connectivity index is -0.000000134. The van der Waals surface area contributed by atoms with E-state index in [2.05, 4.69) is 0 Å². The molecule has 0 saturated carbocycles. The van der Waals surface area contributed by atoms with Crippen LogP contribution in [-0.4, -0.2) is 50.8 Å². The molecule has 0 aromatic heterocycles. The van der Waals surface area contributed by atoms with Gasteiger partial charge in [-0.25, -0.2) is 4.79 Å². The third-order valence-electron chi connectivity index (χ3n) is 1.29. The first kappa shape index (κ1) is 28.3. The van der Waals surface area contributed by atoms with Gasteiger partial charge >= 0.3 is 5.97 Å². The fourth-order valence-corrected chi connectivity index (χ4v) is 0.779. The Kier molecular flexibility index (Phi) is 20.9. The molecule has 0 amide bonds. The summed E-state index contributed by atoms with van der Waals surface area (Å²) >= 11 is 0. The van der Waals surface area contributed by atoms with E-state index in [0.717, 1.165) is 13.8 Å².